The Morgan fingerprint density at radius 2 is 2.00 bits per heavy atom. The lowest BCUT2D eigenvalue weighted by molar-refractivity contribution is -0.144. The highest BCUT2D eigenvalue weighted by Crippen LogP contribution is 2.27. The number of hydrogen-bond acceptors (Lipinski definition) is 4. The molecule has 0 saturated carbocycles. The smallest absolute Gasteiger partial charge is 0.317 e. The zero-order valence-electron chi connectivity index (χ0n) is 6.95. The van der Waals surface area contributed by atoms with Gasteiger partial charge in [0.2, 0.25) is 0 Å². The van der Waals surface area contributed by atoms with Gasteiger partial charge in [0.05, 0.1) is 0 Å². The Morgan fingerprint density at radius 3 is 2.36 bits per heavy atom. The highest BCUT2D eigenvalue weighted by Gasteiger charge is 2.32. The van der Waals surface area contributed by atoms with Crippen LogP contribution in [0.15, 0.2) is 17.5 Å². The molecule has 0 aliphatic heterocycles. The van der Waals surface area contributed by atoms with Crippen molar-refractivity contribution in [2.24, 2.45) is 0 Å². The van der Waals surface area contributed by atoms with Gasteiger partial charge in [0.25, 0.3) is 0 Å². The Kier molecular flexibility index (Phi) is 3.54. The molecule has 1 aromatic heterocycles. The average molecular weight is 232 g/mol. The van der Waals surface area contributed by atoms with Gasteiger partial charge in [-0.25, -0.2) is 0 Å². The zero-order chi connectivity index (χ0) is 10.7. The largest absolute Gasteiger partial charge is 0.481 e. The molecule has 0 bridgehead atoms. The van der Waals surface area contributed by atoms with E-state index in [2.05, 4.69) is 12.6 Å². The van der Waals surface area contributed by atoms with E-state index in [0.717, 1.165) is 0 Å². The Hall–Kier alpha value is -1.01. The summed E-state index contributed by atoms with van der Waals surface area (Å²) < 4.78 is 0. The molecule has 1 heterocycles. The molecule has 76 valence electrons. The van der Waals surface area contributed by atoms with Crippen LogP contribution in [0.5, 0.6) is 0 Å². The second-order valence-corrected chi connectivity index (χ2v) is 4.15. The maximum atomic E-state index is 10.8. The summed E-state index contributed by atoms with van der Waals surface area (Å²) in [6.07, 6.45) is 0. The first-order valence-corrected chi connectivity index (χ1v) is 5.10. The van der Waals surface area contributed by atoms with Crippen molar-refractivity contribution in [3.8, 4) is 0 Å². The summed E-state index contributed by atoms with van der Waals surface area (Å²) in [5.74, 6) is -3.49. The van der Waals surface area contributed by atoms with Gasteiger partial charge in [-0.2, -0.15) is 12.6 Å². The van der Waals surface area contributed by atoms with Crippen LogP contribution in [0.3, 0.4) is 0 Å². The number of carboxylic acid groups (broad SMARTS) is 2. The molecule has 2 atom stereocenters. The molecule has 0 aliphatic carbocycles. The van der Waals surface area contributed by atoms with Gasteiger partial charge >= 0.3 is 11.9 Å². The Morgan fingerprint density at radius 1 is 1.36 bits per heavy atom. The van der Waals surface area contributed by atoms with Crippen molar-refractivity contribution < 1.29 is 19.8 Å². The zero-order valence-corrected chi connectivity index (χ0v) is 8.66. The van der Waals surface area contributed by atoms with Gasteiger partial charge < -0.3 is 10.2 Å². The van der Waals surface area contributed by atoms with Crippen LogP contribution in [0.1, 0.15) is 10.8 Å². The molecule has 0 aromatic carbocycles. The molecule has 0 spiro atoms. The van der Waals surface area contributed by atoms with Crippen molar-refractivity contribution in [3.63, 3.8) is 0 Å². The van der Waals surface area contributed by atoms with Crippen molar-refractivity contribution >= 4 is 35.9 Å². The molecule has 2 N–H and O–H groups in total. The quantitative estimate of drug-likeness (QED) is 0.684. The van der Waals surface area contributed by atoms with E-state index in [9.17, 15) is 9.59 Å². The SMILES string of the molecule is O=C(O)C(S)C(C(=O)O)c1cccs1. The number of rotatable bonds is 4. The first kappa shape index (κ1) is 11.1. The van der Waals surface area contributed by atoms with Crippen molar-refractivity contribution in [1.29, 1.82) is 0 Å². The summed E-state index contributed by atoms with van der Waals surface area (Å²) in [6.45, 7) is 0. The summed E-state index contributed by atoms with van der Waals surface area (Å²) >= 11 is 4.98. The summed E-state index contributed by atoms with van der Waals surface area (Å²) in [7, 11) is 0. The highest BCUT2D eigenvalue weighted by molar-refractivity contribution is 7.81. The van der Waals surface area contributed by atoms with Crippen LogP contribution in [0, 0.1) is 0 Å². The minimum atomic E-state index is -1.23. The van der Waals surface area contributed by atoms with E-state index >= 15 is 0 Å². The standard InChI is InChI=1S/C8H8O4S2/c9-7(10)5(6(13)8(11)12)4-2-1-3-14-4/h1-3,5-6,13H,(H,9,10)(H,11,12). The van der Waals surface area contributed by atoms with Crippen LogP contribution >= 0.6 is 24.0 Å². The fourth-order valence-corrected chi connectivity index (χ4v) is 2.27. The average Bonchev–Trinajstić information content (AvgIpc) is 2.56. The number of aliphatic carboxylic acids is 2. The van der Waals surface area contributed by atoms with E-state index in [1.165, 1.54) is 11.3 Å². The predicted molar refractivity (Wildman–Crippen MR) is 55.1 cm³/mol. The van der Waals surface area contributed by atoms with Crippen molar-refractivity contribution in [3.05, 3.63) is 22.4 Å². The summed E-state index contributed by atoms with van der Waals surface area (Å²) in [6, 6.07) is 3.27. The second kappa shape index (κ2) is 4.47. The molecule has 0 radical (unpaired) electrons. The molecular formula is C8H8O4S2. The van der Waals surface area contributed by atoms with E-state index in [0.29, 0.717) is 4.88 Å². The first-order valence-electron chi connectivity index (χ1n) is 3.71. The fraction of sp³-hybridized carbons (Fsp3) is 0.250. The molecule has 14 heavy (non-hydrogen) atoms. The first-order chi connectivity index (χ1) is 6.54. The number of thiophene rings is 1. The molecule has 0 amide bonds. The van der Waals surface area contributed by atoms with Crippen molar-refractivity contribution in [1.82, 2.24) is 0 Å². The number of thiol groups is 1. The molecule has 1 rings (SSSR count). The summed E-state index contributed by atoms with van der Waals surface area (Å²) in [5, 5.41) is 18.0. The van der Waals surface area contributed by atoms with Gasteiger partial charge in [0.15, 0.2) is 0 Å². The predicted octanol–water partition coefficient (Wildman–Crippen LogP) is 1.30. The maximum absolute atomic E-state index is 10.8. The normalized spacial score (nSPS) is 14.6. The molecule has 1 aromatic rings. The van der Waals surface area contributed by atoms with Crippen LogP contribution in [-0.2, 0) is 9.59 Å². The number of hydrogen-bond donors (Lipinski definition) is 3. The lowest BCUT2D eigenvalue weighted by atomic mass is 10.0. The molecule has 2 unspecified atom stereocenters. The maximum Gasteiger partial charge on any atom is 0.317 e. The van der Waals surface area contributed by atoms with E-state index in [1.807, 2.05) is 0 Å². The Balaban J connectivity index is 2.97. The highest BCUT2D eigenvalue weighted by atomic mass is 32.1. The van der Waals surface area contributed by atoms with Gasteiger partial charge in [0.1, 0.15) is 11.2 Å². The van der Waals surface area contributed by atoms with Gasteiger partial charge in [-0.1, -0.05) is 6.07 Å². The molecular weight excluding hydrogens is 224 g/mol. The third-order valence-electron chi connectivity index (χ3n) is 1.68. The monoisotopic (exact) mass is 232 g/mol. The van der Waals surface area contributed by atoms with E-state index in [1.54, 1.807) is 17.5 Å². The lowest BCUT2D eigenvalue weighted by Gasteiger charge is -2.13. The molecule has 0 aliphatic rings. The lowest BCUT2D eigenvalue weighted by Crippen LogP contribution is -2.28. The van der Waals surface area contributed by atoms with Gasteiger partial charge in [-0.15, -0.1) is 11.3 Å². The Labute approximate surface area is 89.6 Å². The van der Waals surface area contributed by atoms with Crippen LogP contribution in [0.4, 0.5) is 0 Å². The summed E-state index contributed by atoms with van der Waals surface area (Å²) in [5.41, 5.74) is 0. The minimum Gasteiger partial charge on any atom is -0.481 e. The molecule has 4 nitrogen and oxygen atoms in total. The van der Waals surface area contributed by atoms with Crippen molar-refractivity contribution in [2.45, 2.75) is 11.2 Å². The van der Waals surface area contributed by atoms with Gasteiger partial charge in [-0.3, -0.25) is 9.59 Å². The topological polar surface area (TPSA) is 74.6 Å². The molecule has 6 heteroatoms. The van der Waals surface area contributed by atoms with Gasteiger partial charge in [-0.05, 0) is 11.4 Å². The van der Waals surface area contributed by atoms with E-state index < -0.39 is 23.1 Å². The van der Waals surface area contributed by atoms with E-state index in [4.69, 9.17) is 10.2 Å². The number of carboxylic acids is 2. The molecule has 0 fully saturated rings. The van der Waals surface area contributed by atoms with Crippen molar-refractivity contribution in [2.75, 3.05) is 0 Å². The van der Waals surface area contributed by atoms with Crippen LogP contribution in [0.25, 0.3) is 0 Å². The summed E-state index contributed by atoms with van der Waals surface area (Å²) in [4.78, 5) is 21.9. The van der Waals surface area contributed by atoms with E-state index in [-0.39, 0.29) is 0 Å². The number of carbonyl (C=O) groups is 2. The third kappa shape index (κ3) is 2.27. The molecule has 0 saturated heterocycles. The third-order valence-corrected chi connectivity index (χ3v) is 3.16. The van der Waals surface area contributed by atoms with Gasteiger partial charge in [0, 0.05) is 4.88 Å². The van der Waals surface area contributed by atoms with Crippen LogP contribution in [-0.4, -0.2) is 27.4 Å². The van der Waals surface area contributed by atoms with Crippen LogP contribution in [0.2, 0.25) is 0 Å². The minimum absolute atomic E-state index is 0.500. The Bertz CT molecular complexity index is 333. The second-order valence-electron chi connectivity index (χ2n) is 2.61. The van der Waals surface area contributed by atoms with Crippen LogP contribution < -0.4 is 0 Å². The fourth-order valence-electron chi connectivity index (χ4n) is 1.02.